The predicted octanol–water partition coefficient (Wildman–Crippen LogP) is 3.99. The molecule has 0 amide bonds. The van der Waals surface area contributed by atoms with Crippen molar-refractivity contribution in [3.8, 4) is 22.8 Å². The van der Waals surface area contributed by atoms with Gasteiger partial charge in [-0.15, -0.1) is 0 Å². The normalized spacial score (nSPS) is 20.6. The van der Waals surface area contributed by atoms with Gasteiger partial charge >= 0.3 is 0 Å². The molecule has 0 saturated heterocycles. The fraction of sp³-hybridized carbons (Fsp3) is 0.348. The number of nitrogens with zero attached hydrogens (tertiary/aromatic N) is 2. The van der Waals surface area contributed by atoms with E-state index in [9.17, 15) is 0 Å². The molecule has 0 radical (unpaired) electrons. The third kappa shape index (κ3) is 2.61. The van der Waals surface area contributed by atoms with E-state index in [4.69, 9.17) is 14.0 Å². The SMILES string of the molecule is c1ccc2c(c1)CC[C@@H](N1CCc3onc(-c4ccc5c(c4)OCO5)c3C1)C2. The van der Waals surface area contributed by atoms with Crippen molar-refractivity contribution in [2.45, 2.75) is 38.3 Å². The second-order valence-corrected chi connectivity index (χ2v) is 7.89. The molecule has 3 aromatic rings. The zero-order valence-corrected chi connectivity index (χ0v) is 15.7. The highest BCUT2D eigenvalue weighted by Crippen LogP contribution is 2.38. The predicted molar refractivity (Wildman–Crippen MR) is 104 cm³/mol. The lowest BCUT2D eigenvalue weighted by Gasteiger charge is -2.37. The van der Waals surface area contributed by atoms with Crippen LogP contribution in [0.4, 0.5) is 0 Å². The molecule has 1 aromatic heterocycles. The minimum absolute atomic E-state index is 0.284. The lowest BCUT2D eigenvalue weighted by atomic mass is 9.86. The average Bonchev–Trinajstić information content (AvgIpc) is 3.39. The van der Waals surface area contributed by atoms with Crippen molar-refractivity contribution in [3.05, 3.63) is 64.9 Å². The fourth-order valence-corrected chi connectivity index (χ4v) is 4.80. The van der Waals surface area contributed by atoms with Gasteiger partial charge in [0.2, 0.25) is 6.79 Å². The second-order valence-electron chi connectivity index (χ2n) is 7.89. The molecular weight excluding hydrogens is 352 g/mol. The van der Waals surface area contributed by atoms with E-state index in [2.05, 4.69) is 34.3 Å². The second kappa shape index (κ2) is 6.38. The Hall–Kier alpha value is -2.79. The molecule has 0 N–H and O–H groups in total. The summed E-state index contributed by atoms with van der Waals surface area (Å²) in [7, 11) is 0. The number of benzene rings is 2. The van der Waals surface area contributed by atoms with Crippen LogP contribution in [0.15, 0.2) is 47.0 Å². The van der Waals surface area contributed by atoms with Crippen LogP contribution in [-0.4, -0.2) is 29.4 Å². The highest BCUT2D eigenvalue weighted by molar-refractivity contribution is 5.67. The van der Waals surface area contributed by atoms with Crippen molar-refractivity contribution in [1.29, 1.82) is 0 Å². The number of hydrogen-bond donors (Lipinski definition) is 0. The summed E-state index contributed by atoms with van der Waals surface area (Å²) in [5.74, 6) is 2.61. The van der Waals surface area contributed by atoms with Gasteiger partial charge in [-0.05, 0) is 48.6 Å². The van der Waals surface area contributed by atoms with Crippen molar-refractivity contribution < 1.29 is 14.0 Å². The third-order valence-corrected chi connectivity index (χ3v) is 6.34. The fourth-order valence-electron chi connectivity index (χ4n) is 4.80. The maximum absolute atomic E-state index is 5.70. The molecule has 3 aliphatic rings. The molecular formula is C23H22N2O3. The van der Waals surface area contributed by atoms with Crippen LogP contribution in [0.1, 0.15) is 28.9 Å². The van der Waals surface area contributed by atoms with Crippen molar-refractivity contribution in [2.24, 2.45) is 0 Å². The molecule has 2 aliphatic heterocycles. The van der Waals surface area contributed by atoms with E-state index in [1.807, 2.05) is 18.2 Å². The summed E-state index contributed by atoms with van der Waals surface area (Å²) in [4.78, 5) is 2.62. The number of rotatable bonds is 2. The maximum Gasteiger partial charge on any atom is 0.231 e. The Kier molecular flexibility index (Phi) is 3.69. The van der Waals surface area contributed by atoms with Gasteiger partial charge in [0.15, 0.2) is 11.5 Å². The molecule has 0 unspecified atom stereocenters. The van der Waals surface area contributed by atoms with Gasteiger partial charge in [-0.1, -0.05) is 29.4 Å². The summed E-state index contributed by atoms with van der Waals surface area (Å²) in [6.45, 7) is 2.22. The van der Waals surface area contributed by atoms with Crippen LogP contribution in [0.5, 0.6) is 11.5 Å². The molecule has 142 valence electrons. The van der Waals surface area contributed by atoms with Gasteiger partial charge in [-0.3, -0.25) is 4.90 Å². The Labute approximate surface area is 163 Å². The highest BCUT2D eigenvalue weighted by atomic mass is 16.7. The first kappa shape index (κ1) is 16.2. The lowest BCUT2D eigenvalue weighted by molar-refractivity contribution is 0.155. The molecule has 1 atom stereocenters. The molecule has 5 nitrogen and oxygen atoms in total. The topological polar surface area (TPSA) is 47.7 Å². The summed E-state index contributed by atoms with van der Waals surface area (Å²) in [5, 5.41) is 4.41. The Bertz CT molecular complexity index is 1040. The molecule has 28 heavy (non-hydrogen) atoms. The van der Waals surface area contributed by atoms with Crippen LogP contribution in [0.25, 0.3) is 11.3 Å². The van der Waals surface area contributed by atoms with Crippen LogP contribution in [0.3, 0.4) is 0 Å². The molecule has 5 heteroatoms. The van der Waals surface area contributed by atoms with Gasteiger partial charge in [0, 0.05) is 36.7 Å². The quantitative estimate of drug-likeness (QED) is 0.679. The summed E-state index contributed by atoms with van der Waals surface area (Å²) < 4.78 is 16.7. The van der Waals surface area contributed by atoms with E-state index in [1.165, 1.54) is 29.5 Å². The monoisotopic (exact) mass is 374 g/mol. The van der Waals surface area contributed by atoms with E-state index >= 15 is 0 Å². The molecule has 0 fully saturated rings. The molecule has 3 heterocycles. The summed E-state index contributed by atoms with van der Waals surface area (Å²) in [5.41, 5.74) is 6.22. The van der Waals surface area contributed by atoms with E-state index in [1.54, 1.807) is 0 Å². The van der Waals surface area contributed by atoms with E-state index < -0.39 is 0 Å². The van der Waals surface area contributed by atoms with Crippen LogP contribution >= 0.6 is 0 Å². The summed E-state index contributed by atoms with van der Waals surface area (Å²) >= 11 is 0. The zero-order chi connectivity index (χ0) is 18.5. The summed E-state index contributed by atoms with van der Waals surface area (Å²) in [6, 6.07) is 15.5. The Balaban J connectivity index is 1.28. The zero-order valence-electron chi connectivity index (χ0n) is 15.7. The first-order chi connectivity index (χ1) is 13.8. The third-order valence-electron chi connectivity index (χ3n) is 6.34. The van der Waals surface area contributed by atoms with Crippen molar-refractivity contribution >= 4 is 0 Å². The van der Waals surface area contributed by atoms with Crippen LogP contribution < -0.4 is 9.47 Å². The van der Waals surface area contributed by atoms with Crippen molar-refractivity contribution in [1.82, 2.24) is 10.1 Å². The standard InChI is InChI=1S/C23H22N2O3/c1-2-4-16-11-18(7-5-15(16)3-1)25-10-9-20-19(13-25)23(24-28-20)17-6-8-21-22(12-17)27-14-26-21/h1-4,6,8,12,18H,5,7,9-11,13-14H2/t18-/m1/s1. The lowest BCUT2D eigenvalue weighted by Crippen LogP contribution is -2.42. The highest BCUT2D eigenvalue weighted by Gasteiger charge is 2.31. The van der Waals surface area contributed by atoms with Crippen molar-refractivity contribution in [3.63, 3.8) is 0 Å². The first-order valence-electron chi connectivity index (χ1n) is 10.0. The Morgan fingerprint density at radius 2 is 1.86 bits per heavy atom. The smallest absolute Gasteiger partial charge is 0.231 e. The maximum atomic E-state index is 5.70. The molecule has 1 aliphatic carbocycles. The minimum atomic E-state index is 0.284. The number of aromatic nitrogens is 1. The van der Waals surface area contributed by atoms with Gasteiger partial charge in [0.05, 0.1) is 0 Å². The van der Waals surface area contributed by atoms with Gasteiger partial charge < -0.3 is 14.0 Å². The molecule has 6 rings (SSSR count). The largest absolute Gasteiger partial charge is 0.454 e. The summed E-state index contributed by atoms with van der Waals surface area (Å²) in [6.07, 6.45) is 4.45. The minimum Gasteiger partial charge on any atom is -0.454 e. The van der Waals surface area contributed by atoms with Gasteiger partial charge in [-0.2, -0.15) is 0 Å². The van der Waals surface area contributed by atoms with Crippen LogP contribution in [0, 0.1) is 0 Å². The Morgan fingerprint density at radius 1 is 0.964 bits per heavy atom. The van der Waals surface area contributed by atoms with Crippen LogP contribution in [0.2, 0.25) is 0 Å². The van der Waals surface area contributed by atoms with Gasteiger partial charge in [0.1, 0.15) is 11.5 Å². The number of aryl methyl sites for hydroxylation is 1. The average molecular weight is 374 g/mol. The van der Waals surface area contributed by atoms with E-state index in [0.717, 1.165) is 54.4 Å². The number of hydrogen-bond acceptors (Lipinski definition) is 5. The Morgan fingerprint density at radius 3 is 2.82 bits per heavy atom. The van der Waals surface area contributed by atoms with Gasteiger partial charge in [0.25, 0.3) is 0 Å². The number of ether oxygens (including phenoxy) is 2. The molecule has 0 spiro atoms. The van der Waals surface area contributed by atoms with Crippen molar-refractivity contribution in [2.75, 3.05) is 13.3 Å². The van der Waals surface area contributed by atoms with Crippen LogP contribution in [-0.2, 0) is 25.8 Å². The van der Waals surface area contributed by atoms with Gasteiger partial charge in [-0.25, -0.2) is 0 Å². The molecule has 0 bridgehead atoms. The molecule has 0 saturated carbocycles. The number of fused-ring (bicyclic) bond motifs is 3. The first-order valence-corrected chi connectivity index (χ1v) is 10.0. The van der Waals surface area contributed by atoms with E-state index in [0.29, 0.717) is 6.04 Å². The van der Waals surface area contributed by atoms with E-state index in [-0.39, 0.29) is 6.79 Å². The molecule has 2 aromatic carbocycles.